The molecule has 1 aromatic carbocycles. The van der Waals surface area contributed by atoms with Crippen molar-refractivity contribution in [2.45, 2.75) is 18.4 Å². The molecule has 0 saturated heterocycles. The van der Waals surface area contributed by atoms with Crippen LogP contribution in [0.2, 0.25) is 0 Å². The van der Waals surface area contributed by atoms with Gasteiger partial charge in [-0.25, -0.2) is 13.6 Å². The Morgan fingerprint density at radius 3 is 3.00 bits per heavy atom. The lowest BCUT2D eigenvalue weighted by molar-refractivity contribution is -0.0454. The third kappa shape index (κ3) is 4.20. The fourth-order valence-corrected chi connectivity index (χ4v) is 2.07. The summed E-state index contributed by atoms with van der Waals surface area (Å²) in [5.74, 6) is -1.97. The van der Waals surface area contributed by atoms with E-state index in [1.807, 2.05) is 11.4 Å². The van der Waals surface area contributed by atoms with Gasteiger partial charge in [0.2, 0.25) is 0 Å². The van der Waals surface area contributed by atoms with E-state index in [-0.39, 0.29) is 12.6 Å². The zero-order valence-electron chi connectivity index (χ0n) is 12.1. The molecule has 6 nitrogen and oxygen atoms in total. The minimum absolute atomic E-state index is 0.240. The molecule has 0 aliphatic carbocycles. The summed E-state index contributed by atoms with van der Waals surface area (Å²) in [6.07, 6.45) is 0.531. The summed E-state index contributed by atoms with van der Waals surface area (Å²) in [5.41, 5.74) is 0.901. The van der Waals surface area contributed by atoms with Crippen molar-refractivity contribution in [2.75, 3.05) is 26.9 Å². The predicted molar refractivity (Wildman–Crippen MR) is 74.5 cm³/mol. The monoisotopic (exact) mass is 316 g/mol. The van der Waals surface area contributed by atoms with E-state index < -0.39 is 25.1 Å². The van der Waals surface area contributed by atoms with Crippen LogP contribution in [0.4, 0.5) is 13.6 Å². The van der Waals surface area contributed by atoms with Gasteiger partial charge in [-0.3, -0.25) is 0 Å². The highest BCUT2D eigenvalue weighted by Gasteiger charge is 2.29. The molecule has 1 aliphatic rings. The van der Waals surface area contributed by atoms with Gasteiger partial charge in [0.1, 0.15) is 24.7 Å². The number of aliphatic hydroxyl groups excluding tert-OH is 1. The summed E-state index contributed by atoms with van der Waals surface area (Å²) < 4.78 is 36.3. The molecular weight excluding hydrogens is 298 g/mol. The van der Waals surface area contributed by atoms with Crippen LogP contribution in [0.5, 0.6) is 11.5 Å². The first-order chi connectivity index (χ1) is 10.4. The molecule has 2 rings (SSSR count). The molecule has 2 amide bonds. The van der Waals surface area contributed by atoms with Crippen molar-refractivity contribution in [2.24, 2.45) is 0 Å². The van der Waals surface area contributed by atoms with E-state index >= 15 is 0 Å². The molecule has 122 valence electrons. The maximum atomic E-state index is 12.8. The van der Waals surface area contributed by atoms with E-state index in [0.717, 1.165) is 5.56 Å². The van der Waals surface area contributed by atoms with E-state index in [1.54, 1.807) is 19.2 Å². The number of carbonyl (C=O) groups excluding carboxylic acids is 1. The van der Waals surface area contributed by atoms with Gasteiger partial charge in [-0.15, -0.1) is 0 Å². The molecule has 0 spiro atoms. The van der Waals surface area contributed by atoms with Crippen LogP contribution in [-0.4, -0.2) is 50.0 Å². The maximum Gasteiger partial charge on any atom is 0.315 e. The molecule has 0 unspecified atom stereocenters. The minimum atomic E-state index is -3.33. The first kappa shape index (κ1) is 16.3. The number of fused-ring (bicyclic) bond motifs is 1. The fraction of sp³-hybridized carbons (Fsp3) is 0.500. The molecule has 22 heavy (non-hydrogen) atoms. The van der Waals surface area contributed by atoms with E-state index in [0.29, 0.717) is 17.9 Å². The van der Waals surface area contributed by atoms with Crippen molar-refractivity contribution in [3.63, 3.8) is 0 Å². The van der Waals surface area contributed by atoms with E-state index in [9.17, 15) is 13.6 Å². The lowest BCUT2D eigenvalue weighted by Gasteiger charge is -2.26. The number of hydrogen-bond donors (Lipinski definition) is 3. The van der Waals surface area contributed by atoms with Gasteiger partial charge >= 0.3 is 6.03 Å². The molecule has 0 aromatic heterocycles. The summed E-state index contributed by atoms with van der Waals surface area (Å²) in [6.45, 7) is -1.99. The predicted octanol–water partition coefficient (Wildman–Crippen LogP) is 0.925. The smallest absolute Gasteiger partial charge is 0.315 e. The first-order valence-corrected chi connectivity index (χ1v) is 6.76. The molecule has 3 N–H and O–H groups in total. The van der Waals surface area contributed by atoms with Gasteiger partial charge in [0, 0.05) is 6.07 Å². The van der Waals surface area contributed by atoms with Gasteiger partial charge in [-0.2, -0.15) is 0 Å². The molecule has 1 aliphatic heterocycles. The Kier molecular flexibility index (Phi) is 5.02. The molecule has 0 saturated carbocycles. The first-order valence-electron chi connectivity index (χ1n) is 6.76. The van der Waals surface area contributed by atoms with Crippen LogP contribution in [0.25, 0.3) is 0 Å². The number of amides is 2. The van der Waals surface area contributed by atoms with Gasteiger partial charge in [-0.1, -0.05) is 6.07 Å². The number of hydrogen-bond acceptors (Lipinski definition) is 4. The second kappa shape index (κ2) is 6.78. The van der Waals surface area contributed by atoms with Gasteiger partial charge < -0.3 is 25.2 Å². The molecular formula is C14H18F2N2O4. The molecule has 1 heterocycles. The molecule has 0 bridgehead atoms. The van der Waals surface area contributed by atoms with Crippen molar-refractivity contribution >= 4 is 6.03 Å². The topological polar surface area (TPSA) is 79.8 Å². The van der Waals surface area contributed by atoms with Gasteiger partial charge in [0.15, 0.2) is 0 Å². The van der Waals surface area contributed by atoms with Crippen molar-refractivity contribution in [3.8, 4) is 11.5 Å². The van der Waals surface area contributed by atoms with E-state index in [4.69, 9.17) is 14.6 Å². The number of urea groups is 1. The Balaban J connectivity index is 1.86. The number of alkyl halides is 2. The highest BCUT2D eigenvalue weighted by atomic mass is 19.3. The van der Waals surface area contributed by atoms with Crippen molar-refractivity contribution in [1.29, 1.82) is 0 Å². The Morgan fingerprint density at radius 1 is 1.55 bits per heavy atom. The van der Waals surface area contributed by atoms with E-state index in [1.165, 1.54) is 0 Å². The number of benzene rings is 1. The lowest BCUT2D eigenvalue weighted by Crippen LogP contribution is -2.50. The molecule has 0 fully saturated rings. The molecule has 1 atom stereocenters. The fourth-order valence-electron chi connectivity index (χ4n) is 2.07. The average molecular weight is 316 g/mol. The Morgan fingerprint density at radius 2 is 2.32 bits per heavy atom. The third-order valence-electron chi connectivity index (χ3n) is 3.25. The van der Waals surface area contributed by atoms with Crippen LogP contribution in [0, 0.1) is 0 Å². The highest BCUT2D eigenvalue weighted by Crippen LogP contribution is 2.28. The second-order valence-electron chi connectivity index (χ2n) is 5.03. The largest absolute Gasteiger partial charge is 0.497 e. The van der Waals surface area contributed by atoms with Crippen LogP contribution in [0.1, 0.15) is 5.56 Å². The Hall–Kier alpha value is -2.09. The van der Waals surface area contributed by atoms with Gasteiger partial charge in [0.25, 0.3) is 5.92 Å². The summed E-state index contributed by atoms with van der Waals surface area (Å²) in [4.78, 5) is 11.6. The Bertz CT molecular complexity index is 540. The number of methoxy groups -OCH3 is 1. The molecule has 8 heteroatoms. The maximum absolute atomic E-state index is 12.8. The van der Waals surface area contributed by atoms with Crippen molar-refractivity contribution in [3.05, 3.63) is 23.8 Å². The van der Waals surface area contributed by atoms with Crippen LogP contribution in [0.15, 0.2) is 18.2 Å². The number of carbonyl (C=O) groups is 1. The molecule has 1 aromatic rings. The average Bonchev–Trinajstić information content (AvgIpc) is 2.52. The zero-order chi connectivity index (χ0) is 16.2. The van der Waals surface area contributed by atoms with Crippen LogP contribution in [-0.2, 0) is 6.42 Å². The summed E-state index contributed by atoms with van der Waals surface area (Å²) in [6, 6.07) is 4.34. The van der Waals surface area contributed by atoms with Crippen LogP contribution in [0.3, 0.4) is 0 Å². The van der Waals surface area contributed by atoms with Gasteiger partial charge in [-0.05, 0) is 18.1 Å². The summed E-state index contributed by atoms with van der Waals surface area (Å²) >= 11 is 0. The number of rotatable bonds is 5. The number of ether oxygens (including phenoxy) is 2. The minimum Gasteiger partial charge on any atom is -0.497 e. The lowest BCUT2D eigenvalue weighted by atomic mass is 10.0. The van der Waals surface area contributed by atoms with E-state index in [2.05, 4.69) is 5.32 Å². The summed E-state index contributed by atoms with van der Waals surface area (Å²) in [5, 5.41) is 13.0. The summed E-state index contributed by atoms with van der Waals surface area (Å²) in [7, 11) is 1.56. The van der Waals surface area contributed by atoms with Crippen LogP contribution < -0.4 is 20.1 Å². The van der Waals surface area contributed by atoms with Gasteiger partial charge in [0.05, 0.1) is 19.7 Å². The third-order valence-corrected chi connectivity index (χ3v) is 3.25. The zero-order valence-corrected chi connectivity index (χ0v) is 12.1. The SMILES string of the molecule is COc1ccc2c(c1)OC[C@@H](NC(=O)NCC(F)(F)CO)C2. The Labute approximate surface area is 126 Å². The van der Waals surface area contributed by atoms with Crippen LogP contribution >= 0.6 is 0 Å². The standard InChI is InChI=1S/C14H18F2N2O4/c1-21-11-3-2-9-4-10(6-22-12(9)5-11)18-13(20)17-7-14(15,16)8-19/h2-3,5,10,19H,4,6-8H2,1H3,(H2,17,18,20)/t10-/m0/s1. The number of nitrogens with one attached hydrogen (secondary N) is 2. The quantitative estimate of drug-likeness (QED) is 0.755. The molecule has 0 radical (unpaired) electrons. The second-order valence-corrected chi connectivity index (χ2v) is 5.03. The number of aliphatic hydroxyl groups is 1. The normalized spacial score (nSPS) is 17.2. The highest BCUT2D eigenvalue weighted by molar-refractivity contribution is 5.74. The van der Waals surface area contributed by atoms with Crippen molar-refractivity contribution in [1.82, 2.24) is 10.6 Å². The number of halogens is 2. The van der Waals surface area contributed by atoms with Crippen molar-refractivity contribution < 1.29 is 28.2 Å².